The number of hydrogen-bond donors (Lipinski definition) is 1. The molecule has 0 radical (unpaired) electrons. The van der Waals surface area contributed by atoms with Crippen LogP contribution in [0.25, 0.3) is 0 Å². The van der Waals surface area contributed by atoms with E-state index < -0.39 is 5.97 Å². The van der Waals surface area contributed by atoms with Crippen LogP contribution < -0.4 is 0 Å². The highest BCUT2D eigenvalue weighted by molar-refractivity contribution is 5.76. The van der Waals surface area contributed by atoms with E-state index in [4.69, 9.17) is 5.11 Å². The topological polar surface area (TPSA) is 60.9 Å². The maximum absolute atomic E-state index is 12.7. The number of urea groups is 1. The van der Waals surface area contributed by atoms with Crippen molar-refractivity contribution in [1.29, 1.82) is 0 Å². The third-order valence-electron chi connectivity index (χ3n) is 5.22. The molecule has 3 aliphatic rings. The lowest BCUT2D eigenvalue weighted by atomic mass is 9.98. The zero-order chi connectivity index (χ0) is 14.1. The molecule has 3 atom stereocenters. The fourth-order valence-electron chi connectivity index (χ4n) is 4.17. The van der Waals surface area contributed by atoms with E-state index in [9.17, 15) is 9.59 Å². The van der Waals surface area contributed by atoms with Gasteiger partial charge >= 0.3 is 12.0 Å². The average Bonchev–Trinajstić information content (AvgIpc) is 3.07. The summed E-state index contributed by atoms with van der Waals surface area (Å²) >= 11 is 0. The van der Waals surface area contributed by atoms with E-state index in [1.165, 1.54) is 12.8 Å². The van der Waals surface area contributed by atoms with Gasteiger partial charge in [0.05, 0.1) is 0 Å². The highest BCUT2D eigenvalue weighted by Gasteiger charge is 2.42. The van der Waals surface area contributed by atoms with Gasteiger partial charge in [0.25, 0.3) is 0 Å². The van der Waals surface area contributed by atoms with Crippen LogP contribution in [0.15, 0.2) is 0 Å². The number of amides is 2. The Hall–Kier alpha value is -1.26. The van der Waals surface area contributed by atoms with Crippen molar-refractivity contribution in [3.63, 3.8) is 0 Å². The van der Waals surface area contributed by atoms with Crippen molar-refractivity contribution in [3.8, 4) is 0 Å². The number of hydrogen-bond acceptors (Lipinski definition) is 2. The summed E-state index contributed by atoms with van der Waals surface area (Å²) in [4.78, 5) is 27.5. The summed E-state index contributed by atoms with van der Waals surface area (Å²) in [6, 6.07) is 0.758. The van der Waals surface area contributed by atoms with E-state index in [1.54, 1.807) is 0 Å². The van der Waals surface area contributed by atoms with E-state index >= 15 is 0 Å². The molecule has 2 amide bonds. The van der Waals surface area contributed by atoms with Crippen molar-refractivity contribution in [1.82, 2.24) is 9.80 Å². The van der Waals surface area contributed by atoms with Crippen LogP contribution in [0.4, 0.5) is 4.79 Å². The molecule has 0 aromatic carbocycles. The van der Waals surface area contributed by atoms with Crippen molar-refractivity contribution in [2.24, 2.45) is 5.92 Å². The first-order valence-corrected chi connectivity index (χ1v) is 7.94. The molecule has 1 N–H and O–H groups in total. The van der Waals surface area contributed by atoms with Crippen LogP contribution in [0, 0.1) is 5.92 Å². The Morgan fingerprint density at radius 2 is 1.95 bits per heavy atom. The van der Waals surface area contributed by atoms with E-state index in [0.29, 0.717) is 18.4 Å². The molecule has 0 aromatic rings. The van der Waals surface area contributed by atoms with Gasteiger partial charge < -0.3 is 14.9 Å². The molecule has 2 saturated heterocycles. The molecule has 5 heteroatoms. The maximum Gasteiger partial charge on any atom is 0.320 e. The first-order chi connectivity index (χ1) is 9.65. The molecule has 2 heterocycles. The molecular weight excluding hydrogens is 256 g/mol. The molecule has 1 saturated carbocycles. The molecule has 20 heavy (non-hydrogen) atoms. The highest BCUT2D eigenvalue weighted by Crippen LogP contribution is 2.38. The van der Waals surface area contributed by atoms with Crippen LogP contribution in [0.1, 0.15) is 51.4 Å². The second kappa shape index (κ2) is 5.62. The molecular formula is C15H24N2O3. The quantitative estimate of drug-likeness (QED) is 0.863. The molecule has 2 bridgehead atoms. The highest BCUT2D eigenvalue weighted by atomic mass is 16.4. The molecule has 0 spiro atoms. The van der Waals surface area contributed by atoms with Crippen molar-refractivity contribution in [2.45, 2.75) is 63.5 Å². The number of piperidine rings is 2. The molecule has 3 rings (SSSR count). The minimum absolute atomic E-state index is 0.131. The molecule has 2 aliphatic heterocycles. The minimum atomic E-state index is -0.761. The van der Waals surface area contributed by atoms with Gasteiger partial charge in [-0.25, -0.2) is 4.79 Å². The van der Waals surface area contributed by atoms with E-state index in [2.05, 4.69) is 4.90 Å². The molecule has 112 valence electrons. The van der Waals surface area contributed by atoms with Gasteiger partial charge in [-0.05, 0) is 50.9 Å². The number of carbonyl (C=O) groups excluding carboxylic acids is 1. The lowest BCUT2D eigenvalue weighted by Gasteiger charge is -2.40. The van der Waals surface area contributed by atoms with Crippen molar-refractivity contribution in [2.75, 3.05) is 13.1 Å². The van der Waals surface area contributed by atoms with Crippen LogP contribution in [-0.2, 0) is 4.79 Å². The number of rotatable bonds is 3. The SMILES string of the molecule is O=C(O)CCC1CCCCN1C(=O)N1CC2CCC1C2. The Bertz CT molecular complexity index is 399. The van der Waals surface area contributed by atoms with Crippen LogP contribution in [0.5, 0.6) is 0 Å². The normalized spacial score (nSPS) is 32.7. The van der Waals surface area contributed by atoms with E-state index in [-0.39, 0.29) is 18.5 Å². The zero-order valence-corrected chi connectivity index (χ0v) is 12.0. The average molecular weight is 280 g/mol. The smallest absolute Gasteiger partial charge is 0.320 e. The van der Waals surface area contributed by atoms with Gasteiger partial charge in [-0.1, -0.05) is 0 Å². The van der Waals surface area contributed by atoms with Gasteiger partial charge in [0.2, 0.25) is 0 Å². The van der Waals surface area contributed by atoms with Gasteiger partial charge in [-0.2, -0.15) is 0 Å². The van der Waals surface area contributed by atoms with Gasteiger partial charge in [0.15, 0.2) is 0 Å². The first-order valence-electron chi connectivity index (χ1n) is 7.94. The largest absolute Gasteiger partial charge is 0.481 e. The van der Waals surface area contributed by atoms with Gasteiger partial charge in [0, 0.05) is 31.6 Å². The summed E-state index contributed by atoms with van der Waals surface area (Å²) in [7, 11) is 0. The molecule has 5 nitrogen and oxygen atoms in total. The van der Waals surface area contributed by atoms with Crippen molar-refractivity contribution in [3.05, 3.63) is 0 Å². The number of carboxylic acids is 1. The predicted octanol–water partition coefficient (Wildman–Crippen LogP) is 2.31. The fourth-order valence-corrected chi connectivity index (χ4v) is 4.17. The second-order valence-electron chi connectivity index (χ2n) is 6.54. The Morgan fingerprint density at radius 1 is 1.10 bits per heavy atom. The lowest BCUT2D eigenvalue weighted by molar-refractivity contribution is -0.137. The van der Waals surface area contributed by atoms with Crippen LogP contribution >= 0.6 is 0 Å². The standard InChI is InChI=1S/C15H24N2O3/c18-14(19)7-6-12-3-1-2-8-16(12)15(20)17-10-11-4-5-13(17)9-11/h11-13H,1-10H2,(H,18,19). The summed E-state index contributed by atoms with van der Waals surface area (Å²) in [5.41, 5.74) is 0. The number of aliphatic carboxylic acids is 1. The minimum Gasteiger partial charge on any atom is -0.481 e. The third-order valence-corrected chi connectivity index (χ3v) is 5.22. The first kappa shape index (κ1) is 13.7. The molecule has 3 fully saturated rings. The van der Waals surface area contributed by atoms with Gasteiger partial charge in [-0.15, -0.1) is 0 Å². The summed E-state index contributed by atoms with van der Waals surface area (Å²) in [5.74, 6) is -0.0468. The van der Waals surface area contributed by atoms with E-state index in [0.717, 1.165) is 38.8 Å². The number of nitrogens with zero attached hydrogens (tertiary/aromatic N) is 2. The summed E-state index contributed by atoms with van der Waals surface area (Å²) in [6.45, 7) is 1.72. The molecule has 1 aliphatic carbocycles. The predicted molar refractivity (Wildman–Crippen MR) is 74.4 cm³/mol. The third kappa shape index (κ3) is 2.63. The summed E-state index contributed by atoms with van der Waals surface area (Å²) in [5, 5.41) is 8.85. The van der Waals surface area contributed by atoms with Crippen LogP contribution in [-0.4, -0.2) is 52.1 Å². The Balaban J connectivity index is 1.63. The van der Waals surface area contributed by atoms with Gasteiger partial charge in [-0.3, -0.25) is 4.79 Å². The molecule has 0 aromatic heterocycles. The Kier molecular flexibility index (Phi) is 3.85. The van der Waals surface area contributed by atoms with Gasteiger partial charge in [0.1, 0.15) is 0 Å². The van der Waals surface area contributed by atoms with Crippen LogP contribution in [0.3, 0.4) is 0 Å². The monoisotopic (exact) mass is 280 g/mol. The molecule has 3 unspecified atom stereocenters. The number of carboxylic acid groups (broad SMARTS) is 1. The fraction of sp³-hybridized carbons (Fsp3) is 0.867. The number of likely N-dealkylation sites (tertiary alicyclic amines) is 2. The summed E-state index contributed by atoms with van der Waals surface area (Å²) in [6.07, 6.45) is 7.50. The van der Waals surface area contributed by atoms with Crippen molar-refractivity contribution >= 4 is 12.0 Å². The number of fused-ring (bicyclic) bond motifs is 2. The van der Waals surface area contributed by atoms with Crippen molar-refractivity contribution < 1.29 is 14.7 Å². The Labute approximate surface area is 119 Å². The Morgan fingerprint density at radius 3 is 2.60 bits per heavy atom. The second-order valence-corrected chi connectivity index (χ2v) is 6.54. The van der Waals surface area contributed by atoms with Crippen LogP contribution in [0.2, 0.25) is 0 Å². The maximum atomic E-state index is 12.7. The van der Waals surface area contributed by atoms with E-state index in [1.807, 2.05) is 4.90 Å². The number of carbonyl (C=O) groups is 2. The summed E-state index contributed by atoms with van der Waals surface area (Å²) < 4.78 is 0. The lowest BCUT2D eigenvalue weighted by Crippen LogP contribution is -2.52. The zero-order valence-electron chi connectivity index (χ0n) is 12.0.